The molecule has 0 aliphatic heterocycles. The summed E-state index contributed by atoms with van der Waals surface area (Å²) in [4.78, 5) is 15.9. The summed E-state index contributed by atoms with van der Waals surface area (Å²) in [5.41, 5.74) is 3.85. The first-order valence-electron chi connectivity index (χ1n) is 9.06. The largest absolute Gasteiger partial charge is 0.361 e. The lowest BCUT2D eigenvalue weighted by atomic mass is 9.95. The maximum absolute atomic E-state index is 12.6. The number of aromatic nitrogens is 1. The van der Waals surface area contributed by atoms with E-state index in [1.54, 1.807) is 0 Å². The van der Waals surface area contributed by atoms with Gasteiger partial charge in [-0.2, -0.15) is 0 Å². The molecule has 0 spiro atoms. The van der Waals surface area contributed by atoms with Gasteiger partial charge in [-0.25, -0.2) is 0 Å². The van der Waals surface area contributed by atoms with Crippen molar-refractivity contribution >= 4 is 16.8 Å². The average Bonchev–Trinajstić information content (AvgIpc) is 3.35. The molecule has 1 saturated carbocycles. The van der Waals surface area contributed by atoms with Crippen LogP contribution >= 0.6 is 0 Å². The lowest BCUT2D eigenvalue weighted by Crippen LogP contribution is -2.36. The number of hydrogen-bond donors (Lipinski definition) is 2. The minimum Gasteiger partial charge on any atom is -0.361 e. The maximum atomic E-state index is 12.6. The molecular weight excluding hydrogens is 308 g/mol. The number of benzene rings is 2. The molecular formula is C22H24N2O. The van der Waals surface area contributed by atoms with E-state index in [4.69, 9.17) is 0 Å². The first-order chi connectivity index (χ1) is 12.2. The monoisotopic (exact) mass is 332 g/mol. The number of fused-ring (bicyclic) bond motifs is 1. The minimum absolute atomic E-state index is 0.0363. The SMILES string of the molecule is CC(Cc1c[nH]c2ccccc12)C(=O)NCC1(c2ccccc2)CC1. The van der Waals surface area contributed by atoms with E-state index in [0.717, 1.165) is 31.3 Å². The van der Waals surface area contributed by atoms with Gasteiger partial charge in [0.05, 0.1) is 0 Å². The fourth-order valence-corrected chi connectivity index (χ4v) is 3.66. The molecule has 3 heteroatoms. The second kappa shape index (κ2) is 6.40. The highest BCUT2D eigenvalue weighted by atomic mass is 16.1. The third kappa shape index (κ3) is 3.19. The number of para-hydroxylation sites is 1. The van der Waals surface area contributed by atoms with Crippen molar-refractivity contribution in [1.82, 2.24) is 10.3 Å². The van der Waals surface area contributed by atoms with E-state index in [-0.39, 0.29) is 17.2 Å². The van der Waals surface area contributed by atoms with Crippen molar-refractivity contribution in [3.8, 4) is 0 Å². The van der Waals surface area contributed by atoms with Crippen LogP contribution in [0.2, 0.25) is 0 Å². The van der Waals surface area contributed by atoms with E-state index in [1.165, 1.54) is 16.5 Å². The number of nitrogens with one attached hydrogen (secondary N) is 2. The van der Waals surface area contributed by atoms with E-state index in [0.29, 0.717) is 0 Å². The zero-order valence-corrected chi connectivity index (χ0v) is 14.6. The van der Waals surface area contributed by atoms with Gasteiger partial charge in [-0.1, -0.05) is 55.5 Å². The van der Waals surface area contributed by atoms with Gasteiger partial charge in [-0.05, 0) is 36.5 Å². The molecule has 2 N–H and O–H groups in total. The molecule has 1 aliphatic rings. The molecule has 0 bridgehead atoms. The predicted octanol–water partition coefficient (Wildman–Crippen LogP) is 4.19. The summed E-state index contributed by atoms with van der Waals surface area (Å²) >= 11 is 0. The summed E-state index contributed by atoms with van der Waals surface area (Å²) in [5.74, 6) is 0.110. The Morgan fingerprint density at radius 1 is 1.12 bits per heavy atom. The Labute approximate surface area is 148 Å². The highest BCUT2D eigenvalue weighted by Gasteiger charge is 2.44. The molecule has 128 valence electrons. The lowest BCUT2D eigenvalue weighted by molar-refractivity contribution is -0.124. The van der Waals surface area contributed by atoms with Crippen LogP contribution in [0.1, 0.15) is 30.9 Å². The molecule has 2 aromatic carbocycles. The van der Waals surface area contributed by atoms with Crippen LogP contribution in [-0.2, 0) is 16.6 Å². The van der Waals surface area contributed by atoms with Gasteiger partial charge in [0.25, 0.3) is 0 Å². The zero-order chi connectivity index (χ0) is 17.3. The van der Waals surface area contributed by atoms with Crippen LogP contribution in [0.15, 0.2) is 60.8 Å². The van der Waals surface area contributed by atoms with Crippen LogP contribution < -0.4 is 5.32 Å². The Hall–Kier alpha value is -2.55. The van der Waals surface area contributed by atoms with Crippen LogP contribution in [-0.4, -0.2) is 17.4 Å². The Morgan fingerprint density at radius 2 is 1.84 bits per heavy atom. The zero-order valence-electron chi connectivity index (χ0n) is 14.6. The molecule has 1 atom stereocenters. The summed E-state index contributed by atoms with van der Waals surface area (Å²) in [5, 5.41) is 4.41. The molecule has 1 aliphatic carbocycles. The predicted molar refractivity (Wildman–Crippen MR) is 102 cm³/mol. The second-order valence-corrected chi connectivity index (χ2v) is 7.33. The van der Waals surface area contributed by atoms with Crippen molar-refractivity contribution in [2.75, 3.05) is 6.54 Å². The first kappa shape index (κ1) is 15.9. The molecule has 0 radical (unpaired) electrons. The van der Waals surface area contributed by atoms with E-state index >= 15 is 0 Å². The first-order valence-corrected chi connectivity index (χ1v) is 9.06. The highest BCUT2D eigenvalue weighted by molar-refractivity contribution is 5.84. The molecule has 25 heavy (non-hydrogen) atoms. The van der Waals surface area contributed by atoms with Gasteiger partial charge in [0, 0.05) is 35.0 Å². The molecule has 0 saturated heterocycles. The van der Waals surface area contributed by atoms with E-state index in [1.807, 2.05) is 31.3 Å². The summed E-state index contributed by atoms with van der Waals surface area (Å²) in [7, 11) is 0. The number of H-pyrrole nitrogens is 1. The number of aromatic amines is 1. The number of rotatable bonds is 6. The molecule has 1 aromatic heterocycles. The number of amides is 1. The Bertz CT molecular complexity index is 877. The summed E-state index contributed by atoms with van der Waals surface area (Å²) in [6.07, 6.45) is 5.11. The minimum atomic E-state index is -0.0363. The molecule has 1 unspecified atom stereocenters. The van der Waals surface area contributed by atoms with Crippen molar-refractivity contribution in [2.24, 2.45) is 5.92 Å². The van der Waals surface area contributed by atoms with Crippen LogP contribution in [0.25, 0.3) is 10.9 Å². The molecule has 1 heterocycles. The molecule has 4 rings (SSSR count). The van der Waals surface area contributed by atoms with Gasteiger partial charge in [0.1, 0.15) is 0 Å². The van der Waals surface area contributed by atoms with Crippen molar-refractivity contribution in [3.05, 3.63) is 71.9 Å². The van der Waals surface area contributed by atoms with Gasteiger partial charge in [0.2, 0.25) is 5.91 Å². The normalized spacial score (nSPS) is 16.5. The van der Waals surface area contributed by atoms with Crippen molar-refractivity contribution in [1.29, 1.82) is 0 Å². The fourth-order valence-electron chi connectivity index (χ4n) is 3.66. The Kier molecular flexibility index (Phi) is 4.08. The third-order valence-corrected chi connectivity index (χ3v) is 5.49. The molecule has 3 aromatic rings. The maximum Gasteiger partial charge on any atom is 0.223 e. The highest BCUT2D eigenvalue weighted by Crippen LogP contribution is 2.47. The summed E-state index contributed by atoms with van der Waals surface area (Å²) < 4.78 is 0. The fraction of sp³-hybridized carbons (Fsp3) is 0.318. The van der Waals surface area contributed by atoms with Crippen molar-refractivity contribution < 1.29 is 4.79 Å². The van der Waals surface area contributed by atoms with E-state index < -0.39 is 0 Å². The molecule has 3 nitrogen and oxygen atoms in total. The quantitative estimate of drug-likeness (QED) is 0.698. The third-order valence-electron chi connectivity index (χ3n) is 5.49. The smallest absolute Gasteiger partial charge is 0.223 e. The van der Waals surface area contributed by atoms with Crippen LogP contribution in [0.5, 0.6) is 0 Å². The average molecular weight is 332 g/mol. The van der Waals surface area contributed by atoms with Crippen molar-refractivity contribution in [2.45, 2.75) is 31.6 Å². The standard InChI is InChI=1S/C22H24N2O/c1-16(13-17-14-23-20-10-6-5-9-19(17)20)21(25)24-15-22(11-12-22)18-7-3-2-4-8-18/h2-10,14,16,23H,11-13,15H2,1H3,(H,24,25). The van der Waals surface area contributed by atoms with E-state index in [2.05, 4.69) is 46.7 Å². The van der Waals surface area contributed by atoms with Crippen molar-refractivity contribution in [3.63, 3.8) is 0 Å². The van der Waals surface area contributed by atoms with Crippen LogP contribution in [0.4, 0.5) is 0 Å². The number of carbonyl (C=O) groups is 1. The Balaban J connectivity index is 1.38. The van der Waals surface area contributed by atoms with Crippen LogP contribution in [0.3, 0.4) is 0 Å². The van der Waals surface area contributed by atoms with Gasteiger partial charge < -0.3 is 10.3 Å². The topological polar surface area (TPSA) is 44.9 Å². The number of carbonyl (C=O) groups excluding carboxylic acids is 1. The van der Waals surface area contributed by atoms with E-state index in [9.17, 15) is 4.79 Å². The summed E-state index contributed by atoms with van der Waals surface area (Å²) in [6, 6.07) is 18.8. The number of hydrogen-bond acceptors (Lipinski definition) is 1. The lowest BCUT2D eigenvalue weighted by Gasteiger charge is -2.18. The van der Waals surface area contributed by atoms with Gasteiger partial charge in [-0.15, -0.1) is 0 Å². The molecule has 1 amide bonds. The summed E-state index contributed by atoms with van der Waals surface area (Å²) in [6.45, 7) is 2.76. The second-order valence-electron chi connectivity index (χ2n) is 7.33. The molecule has 1 fully saturated rings. The van der Waals surface area contributed by atoms with Gasteiger partial charge in [-0.3, -0.25) is 4.79 Å². The van der Waals surface area contributed by atoms with Gasteiger partial charge >= 0.3 is 0 Å². The Morgan fingerprint density at radius 3 is 2.60 bits per heavy atom. The van der Waals surface area contributed by atoms with Gasteiger partial charge in [0.15, 0.2) is 0 Å². The van der Waals surface area contributed by atoms with Crippen LogP contribution in [0, 0.1) is 5.92 Å².